The fourth-order valence-corrected chi connectivity index (χ4v) is 10.9. The van der Waals surface area contributed by atoms with Gasteiger partial charge < -0.3 is 4.74 Å². The second-order valence-corrected chi connectivity index (χ2v) is 15.2. The SMILES string of the molecule is C=C(C)[C@@H]1CC[C@]2(C)[C@H](CC=C3[C@@H]4[C@@H](C)[C@H](C)CC[C@]4(C)CC[C@]32C)[C@@]1(C)CCCN1CCOCC1. The Labute approximate surface area is 223 Å². The first kappa shape index (κ1) is 27.0. The van der Waals surface area contributed by atoms with Crippen molar-refractivity contribution in [2.75, 3.05) is 32.8 Å². The number of morpholine rings is 1. The summed E-state index contributed by atoms with van der Waals surface area (Å²) in [4.78, 5) is 2.64. The van der Waals surface area contributed by atoms with Gasteiger partial charge in [0.25, 0.3) is 0 Å². The Morgan fingerprint density at radius 1 is 1.03 bits per heavy atom. The normalized spacial score (nSPS) is 49.4. The molecule has 4 aliphatic carbocycles. The van der Waals surface area contributed by atoms with Crippen molar-refractivity contribution in [1.82, 2.24) is 4.90 Å². The third-order valence-electron chi connectivity index (χ3n) is 13.5. The van der Waals surface area contributed by atoms with Crippen LogP contribution in [0.1, 0.15) is 106 Å². The molecule has 1 aliphatic heterocycles. The van der Waals surface area contributed by atoms with Gasteiger partial charge in [-0.25, -0.2) is 0 Å². The van der Waals surface area contributed by atoms with Crippen LogP contribution < -0.4 is 0 Å². The maximum atomic E-state index is 5.61. The van der Waals surface area contributed by atoms with Gasteiger partial charge >= 0.3 is 0 Å². The highest BCUT2D eigenvalue weighted by molar-refractivity contribution is 5.34. The van der Waals surface area contributed by atoms with E-state index >= 15 is 0 Å². The summed E-state index contributed by atoms with van der Waals surface area (Å²) in [5.41, 5.74) is 4.98. The quantitative estimate of drug-likeness (QED) is 0.354. The highest BCUT2D eigenvalue weighted by atomic mass is 16.5. The number of fused-ring (bicyclic) bond motifs is 5. The maximum absolute atomic E-state index is 5.61. The van der Waals surface area contributed by atoms with Crippen LogP contribution in [0.3, 0.4) is 0 Å². The Morgan fingerprint density at radius 3 is 2.44 bits per heavy atom. The Morgan fingerprint density at radius 2 is 1.75 bits per heavy atom. The molecule has 2 heteroatoms. The van der Waals surface area contributed by atoms with Crippen molar-refractivity contribution >= 4 is 0 Å². The summed E-state index contributed by atoms with van der Waals surface area (Å²) >= 11 is 0. The molecule has 0 N–H and O–H groups in total. The van der Waals surface area contributed by atoms with Crippen LogP contribution in [-0.4, -0.2) is 37.7 Å². The van der Waals surface area contributed by atoms with Crippen molar-refractivity contribution in [3.63, 3.8) is 0 Å². The van der Waals surface area contributed by atoms with Crippen LogP contribution in [0.5, 0.6) is 0 Å². The predicted octanol–water partition coefficient (Wildman–Crippen LogP) is 8.53. The Kier molecular flexibility index (Phi) is 7.16. The zero-order valence-corrected chi connectivity index (χ0v) is 24.9. The lowest BCUT2D eigenvalue weighted by molar-refractivity contribution is -0.143. The van der Waals surface area contributed by atoms with E-state index in [1.54, 1.807) is 0 Å². The Hall–Kier alpha value is -0.600. The third kappa shape index (κ3) is 4.02. The molecule has 2 nitrogen and oxygen atoms in total. The summed E-state index contributed by atoms with van der Waals surface area (Å²) < 4.78 is 5.61. The summed E-state index contributed by atoms with van der Waals surface area (Å²) in [6.07, 6.45) is 15.2. The van der Waals surface area contributed by atoms with Crippen molar-refractivity contribution in [1.29, 1.82) is 0 Å². The smallest absolute Gasteiger partial charge is 0.0594 e. The van der Waals surface area contributed by atoms with Gasteiger partial charge in [-0.2, -0.15) is 0 Å². The molecule has 0 aromatic carbocycles. The van der Waals surface area contributed by atoms with E-state index in [4.69, 9.17) is 4.74 Å². The molecule has 0 aromatic heterocycles. The van der Waals surface area contributed by atoms with Crippen LogP contribution >= 0.6 is 0 Å². The zero-order chi connectivity index (χ0) is 25.9. The van der Waals surface area contributed by atoms with Gasteiger partial charge in [-0.3, -0.25) is 4.90 Å². The lowest BCUT2D eigenvalue weighted by Crippen LogP contribution is -2.61. The van der Waals surface area contributed by atoms with E-state index in [2.05, 4.69) is 66.0 Å². The fraction of sp³-hybridized carbons (Fsp3) is 0.882. The van der Waals surface area contributed by atoms with Gasteiger partial charge in [0.2, 0.25) is 0 Å². The van der Waals surface area contributed by atoms with Crippen LogP contribution in [0.4, 0.5) is 0 Å². The molecule has 1 saturated heterocycles. The first-order valence-corrected chi connectivity index (χ1v) is 15.6. The molecule has 0 unspecified atom stereocenters. The molecule has 9 atom stereocenters. The van der Waals surface area contributed by atoms with Gasteiger partial charge in [-0.05, 0) is 123 Å². The highest BCUT2D eigenvalue weighted by Crippen LogP contribution is 2.74. The summed E-state index contributed by atoms with van der Waals surface area (Å²) in [7, 11) is 0. The maximum Gasteiger partial charge on any atom is 0.0594 e. The molecule has 0 bridgehead atoms. The second-order valence-electron chi connectivity index (χ2n) is 15.2. The summed E-state index contributed by atoms with van der Waals surface area (Å²) in [6.45, 7) is 28.1. The van der Waals surface area contributed by atoms with E-state index in [9.17, 15) is 0 Å². The van der Waals surface area contributed by atoms with E-state index in [0.717, 1.165) is 50.0 Å². The van der Waals surface area contributed by atoms with Gasteiger partial charge in [-0.1, -0.05) is 65.3 Å². The van der Waals surface area contributed by atoms with Crippen LogP contribution in [-0.2, 0) is 4.74 Å². The number of nitrogens with zero attached hydrogens (tertiary/aromatic N) is 1. The summed E-state index contributed by atoms with van der Waals surface area (Å²) in [6, 6.07) is 0. The van der Waals surface area contributed by atoms with Crippen LogP contribution in [0.15, 0.2) is 23.8 Å². The molecule has 36 heavy (non-hydrogen) atoms. The predicted molar refractivity (Wildman–Crippen MR) is 153 cm³/mol. The van der Waals surface area contributed by atoms with Crippen molar-refractivity contribution in [3.8, 4) is 0 Å². The molecule has 0 radical (unpaired) electrons. The van der Waals surface area contributed by atoms with Crippen LogP contribution in [0, 0.1) is 51.2 Å². The number of hydrogen-bond acceptors (Lipinski definition) is 2. The van der Waals surface area contributed by atoms with Crippen molar-refractivity contribution < 1.29 is 4.74 Å². The first-order valence-electron chi connectivity index (χ1n) is 15.6. The number of ether oxygens (including phenoxy) is 1. The minimum absolute atomic E-state index is 0.350. The van der Waals surface area contributed by atoms with Gasteiger partial charge in [-0.15, -0.1) is 0 Å². The number of hydrogen-bond donors (Lipinski definition) is 0. The lowest BCUT2D eigenvalue weighted by Gasteiger charge is -2.69. The molecule has 5 rings (SSSR count). The van der Waals surface area contributed by atoms with Gasteiger partial charge in [0.05, 0.1) is 13.2 Å². The molecular weight excluding hydrogens is 438 g/mol. The Bertz CT molecular complexity index is 870. The molecule has 5 aliphatic rings. The van der Waals surface area contributed by atoms with E-state index in [-0.39, 0.29) is 0 Å². The van der Waals surface area contributed by atoms with Crippen molar-refractivity contribution in [3.05, 3.63) is 23.8 Å². The molecular formula is C34H57NO. The minimum atomic E-state index is 0.350. The number of rotatable bonds is 5. The standard InChI is InChI=1S/C34H57NO/c1-24(2)27-13-16-34(8)29(32(27,6)14-9-19-35-20-22-36-23-21-35)11-10-28-30-26(4)25(3)12-15-31(30,5)17-18-33(28,34)7/h10,25-27,29-30H,1,9,11-23H2,2-8H3/t25-,26+,27+,29-,30+,31-,32+,33-,34-/m1/s1. The van der Waals surface area contributed by atoms with Gasteiger partial charge in [0.15, 0.2) is 0 Å². The molecule has 1 heterocycles. The van der Waals surface area contributed by atoms with E-state index < -0.39 is 0 Å². The van der Waals surface area contributed by atoms with Crippen LogP contribution in [0.25, 0.3) is 0 Å². The Balaban J connectivity index is 1.47. The average Bonchev–Trinajstić information content (AvgIpc) is 2.83. The first-order chi connectivity index (χ1) is 17.0. The van der Waals surface area contributed by atoms with Gasteiger partial charge in [0, 0.05) is 13.1 Å². The van der Waals surface area contributed by atoms with Crippen molar-refractivity contribution in [2.45, 2.75) is 106 Å². The molecule has 0 spiro atoms. The number of allylic oxidation sites excluding steroid dienone is 3. The van der Waals surface area contributed by atoms with E-state index in [1.807, 2.05) is 5.57 Å². The summed E-state index contributed by atoms with van der Waals surface area (Å²) in [5, 5.41) is 0. The summed E-state index contributed by atoms with van der Waals surface area (Å²) in [5.74, 6) is 3.91. The minimum Gasteiger partial charge on any atom is -0.379 e. The highest BCUT2D eigenvalue weighted by Gasteiger charge is 2.65. The van der Waals surface area contributed by atoms with Crippen LogP contribution in [0.2, 0.25) is 0 Å². The molecule has 3 saturated carbocycles. The molecule has 204 valence electrons. The second kappa shape index (κ2) is 9.55. The van der Waals surface area contributed by atoms with Crippen molar-refractivity contribution in [2.24, 2.45) is 51.2 Å². The topological polar surface area (TPSA) is 12.5 Å². The van der Waals surface area contributed by atoms with E-state index in [0.29, 0.717) is 27.6 Å². The third-order valence-corrected chi connectivity index (χ3v) is 13.5. The molecule has 4 fully saturated rings. The molecule has 0 aromatic rings. The fourth-order valence-electron chi connectivity index (χ4n) is 10.9. The lowest BCUT2D eigenvalue weighted by atomic mass is 9.35. The largest absolute Gasteiger partial charge is 0.379 e. The zero-order valence-electron chi connectivity index (χ0n) is 24.9. The monoisotopic (exact) mass is 495 g/mol. The van der Waals surface area contributed by atoms with E-state index in [1.165, 1.54) is 69.9 Å². The molecule has 0 amide bonds. The average molecular weight is 496 g/mol. The van der Waals surface area contributed by atoms with Gasteiger partial charge in [0.1, 0.15) is 0 Å².